The quantitative estimate of drug-likeness (QED) is 0.664. The third kappa shape index (κ3) is 3.54. The fourth-order valence-corrected chi connectivity index (χ4v) is 3.12. The van der Waals surface area contributed by atoms with Gasteiger partial charge in [-0.3, -0.25) is 9.59 Å². The number of rotatable bonds is 5. The highest BCUT2D eigenvalue weighted by atomic mass is 16.5. The average Bonchev–Trinajstić information content (AvgIpc) is 3.19. The number of benzene rings is 1. The average molecular weight is 408 g/mol. The third-order valence-corrected chi connectivity index (χ3v) is 4.67. The number of methoxy groups -OCH3 is 1. The Kier molecular flexibility index (Phi) is 5.05. The standard InChI is InChI=1S/C20H20N6O4/c1-4-15-13(10-21-26(15)17-7-8-18(29-3)25-24-17)20(28)22-12-5-6-16-14(9-12)23-19(27)11(2)30-16/h5-11H,4H2,1-3H3,(H,22,28)(H,23,27). The predicted octanol–water partition coefficient (Wildman–Crippen LogP) is 2.21. The van der Waals surface area contributed by atoms with Gasteiger partial charge >= 0.3 is 0 Å². The summed E-state index contributed by atoms with van der Waals surface area (Å²) in [5.74, 6) is 0.867. The van der Waals surface area contributed by atoms with Crippen LogP contribution < -0.4 is 20.1 Å². The number of aromatic nitrogens is 4. The van der Waals surface area contributed by atoms with Crippen molar-refractivity contribution < 1.29 is 19.1 Å². The summed E-state index contributed by atoms with van der Waals surface area (Å²) in [7, 11) is 1.51. The minimum atomic E-state index is -0.558. The fraction of sp³-hybridized carbons (Fsp3) is 0.250. The Morgan fingerprint density at radius 1 is 1.30 bits per heavy atom. The van der Waals surface area contributed by atoms with E-state index in [0.29, 0.717) is 46.5 Å². The van der Waals surface area contributed by atoms with Gasteiger partial charge in [-0.25, -0.2) is 4.68 Å². The first-order chi connectivity index (χ1) is 14.5. The van der Waals surface area contributed by atoms with E-state index in [0.717, 1.165) is 0 Å². The van der Waals surface area contributed by atoms with Gasteiger partial charge in [-0.2, -0.15) is 5.10 Å². The predicted molar refractivity (Wildman–Crippen MR) is 108 cm³/mol. The van der Waals surface area contributed by atoms with E-state index in [1.165, 1.54) is 13.3 Å². The molecule has 0 fully saturated rings. The lowest BCUT2D eigenvalue weighted by Crippen LogP contribution is -2.34. The molecule has 1 aliphatic heterocycles. The Bertz CT molecular complexity index is 1110. The summed E-state index contributed by atoms with van der Waals surface area (Å²) in [6.45, 7) is 3.60. The second-order valence-corrected chi connectivity index (χ2v) is 6.62. The van der Waals surface area contributed by atoms with Crippen LogP contribution >= 0.6 is 0 Å². The third-order valence-electron chi connectivity index (χ3n) is 4.67. The number of carbonyl (C=O) groups is 2. The van der Waals surface area contributed by atoms with Crippen molar-refractivity contribution in [1.29, 1.82) is 0 Å². The van der Waals surface area contributed by atoms with E-state index in [9.17, 15) is 9.59 Å². The molecule has 2 N–H and O–H groups in total. The number of hydrogen-bond acceptors (Lipinski definition) is 7. The highest BCUT2D eigenvalue weighted by molar-refractivity contribution is 6.06. The maximum Gasteiger partial charge on any atom is 0.265 e. The van der Waals surface area contributed by atoms with Gasteiger partial charge in [0.15, 0.2) is 11.9 Å². The second kappa shape index (κ2) is 7.82. The van der Waals surface area contributed by atoms with Gasteiger partial charge < -0.3 is 20.1 Å². The van der Waals surface area contributed by atoms with Gasteiger partial charge in [-0.1, -0.05) is 6.92 Å². The number of carbonyl (C=O) groups excluding carboxylic acids is 2. The van der Waals surface area contributed by atoms with E-state index >= 15 is 0 Å². The van der Waals surface area contributed by atoms with Crippen LogP contribution in [0, 0.1) is 0 Å². The summed E-state index contributed by atoms with van der Waals surface area (Å²) in [4.78, 5) is 24.7. The molecule has 1 unspecified atom stereocenters. The van der Waals surface area contributed by atoms with Gasteiger partial charge in [0.25, 0.3) is 11.8 Å². The first kappa shape index (κ1) is 19.4. The SMILES string of the molecule is CCc1c(C(=O)Nc2ccc3c(c2)NC(=O)C(C)O3)cnn1-c1ccc(OC)nn1. The van der Waals surface area contributed by atoms with Crippen molar-refractivity contribution in [3.8, 4) is 17.4 Å². The molecule has 0 saturated heterocycles. The normalized spacial score (nSPS) is 15.0. The fourth-order valence-electron chi connectivity index (χ4n) is 3.12. The lowest BCUT2D eigenvalue weighted by atomic mass is 10.1. The van der Waals surface area contributed by atoms with E-state index in [2.05, 4.69) is 25.9 Å². The smallest absolute Gasteiger partial charge is 0.265 e. The van der Waals surface area contributed by atoms with E-state index in [1.54, 1.807) is 41.9 Å². The molecule has 3 aromatic rings. The van der Waals surface area contributed by atoms with E-state index in [4.69, 9.17) is 9.47 Å². The minimum absolute atomic E-state index is 0.235. The first-order valence-corrected chi connectivity index (χ1v) is 9.38. The van der Waals surface area contributed by atoms with Crippen LogP contribution in [0.15, 0.2) is 36.5 Å². The highest BCUT2D eigenvalue weighted by Crippen LogP contribution is 2.32. The van der Waals surface area contributed by atoms with Crippen LogP contribution in [0.5, 0.6) is 11.6 Å². The first-order valence-electron chi connectivity index (χ1n) is 9.38. The monoisotopic (exact) mass is 408 g/mol. The highest BCUT2D eigenvalue weighted by Gasteiger charge is 2.24. The number of anilines is 2. The topological polar surface area (TPSA) is 120 Å². The van der Waals surface area contributed by atoms with Gasteiger partial charge in [-0.05, 0) is 37.6 Å². The summed E-state index contributed by atoms with van der Waals surface area (Å²) in [6.07, 6.45) is 1.49. The molecule has 0 bridgehead atoms. The molecule has 0 saturated carbocycles. The number of amides is 2. The molecule has 10 heteroatoms. The van der Waals surface area contributed by atoms with Gasteiger partial charge in [0, 0.05) is 11.8 Å². The Morgan fingerprint density at radius 2 is 2.13 bits per heavy atom. The van der Waals surface area contributed by atoms with Crippen molar-refractivity contribution in [2.45, 2.75) is 26.4 Å². The zero-order chi connectivity index (χ0) is 21.3. The Hall–Kier alpha value is -3.95. The van der Waals surface area contributed by atoms with Crippen molar-refractivity contribution in [1.82, 2.24) is 20.0 Å². The molecule has 30 heavy (non-hydrogen) atoms. The molecule has 4 rings (SSSR count). The zero-order valence-electron chi connectivity index (χ0n) is 16.7. The van der Waals surface area contributed by atoms with Gasteiger partial charge in [0.05, 0.1) is 30.3 Å². The number of nitrogens with zero attached hydrogens (tertiary/aromatic N) is 4. The molecule has 154 valence electrons. The molecule has 1 atom stereocenters. The minimum Gasteiger partial charge on any atom is -0.480 e. The van der Waals surface area contributed by atoms with Crippen LogP contribution in [0.2, 0.25) is 0 Å². The molecule has 1 aliphatic rings. The van der Waals surface area contributed by atoms with Crippen LogP contribution in [-0.4, -0.2) is 45.0 Å². The molecule has 2 aromatic heterocycles. The molecule has 0 spiro atoms. The molecule has 10 nitrogen and oxygen atoms in total. The summed E-state index contributed by atoms with van der Waals surface area (Å²) >= 11 is 0. The van der Waals surface area contributed by atoms with Crippen molar-refractivity contribution in [3.05, 3.63) is 47.8 Å². The zero-order valence-corrected chi connectivity index (χ0v) is 16.7. The van der Waals surface area contributed by atoms with E-state index < -0.39 is 6.10 Å². The van der Waals surface area contributed by atoms with Gasteiger partial charge in [0.1, 0.15) is 5.75 Å². The maximum atomic E-state index is 12.9. The largest absolute Gasteiger partial charge is 0.480 e. The lowest BCUT2D eigenvalue weighted by Gasteiger charge is -2.23. The molecule has 2 amide bonds. The summed E-state index contributed by atoms with van der Waals surface area (Å²) in [6, 6.07) is 8.46. The number of hydrogen-bond donors (Lipinski definition) is 2. The number of nitrogens with one attached hydrogen (secondary N) is 2. The molecular weight excluding hydrogens is 388 g/mol. The van der Waals surface area contributed by atoms with Crippen molar-refractivity contribution in [2.24, 2.45) is 0 Å². The van der Waals surface area contributed by atoms with E-state index in [1.807, 2.05) is 6.92 Å². The number of fused-ring (bicyclic) bond motifs is 1. The van der Waals surface area contributed by atoms with Crippen molar-refractivity contribution in [2.75, 3.05) is 17.7 Å². The molecule has 0 radical (unpaired) electrons. The van der Waals surface area contributed by atoms with E-state index in [-0.39, 0.29) is 11.8 Å². The van der Waals surface area contributed by atoms with Crippen LogP contribution in [0.1, 0.15) is 29.9 Å². The van der Waals surface area contributed by atoms with Crippen LogP contribution in [0.25, 0.3) is 5.82 Å². The van der Waals surface area contributed by atoms with Crippen LogP contribution in [0.4, 0.5) is 11.4 Å². The van der Waals surface area contributed by atoms with Gasteiger partial charge in [-0.15, -0.1) is 10.2 Å². The maximum absolute atomic E-state index is 12.9. The molecule has 1 aromatic carbocycles. The molecule has 3 heterocycles. The van der Waals surface area contributed by atoms with Crippen LogP contribution in [0.3, 0.4) is 0 Å². The second-order valence-electron chi connectivity index (χ2n) is 6.62. The molecule has 0 aliphatic carbocycles. The van der Waals surface area contributed by atoms with Crippen LogP contribution in [-0.2, 0) is 11.2 Å². The van der Waals surface area contributed by atoms with Gasteiger partial charge in [0.2, 0.25) is 5.88 Å². The summed E-state index contributed by atoms with van der Waals surface area (Å²) < 4.78 is 12.1. The number of ether oxygens (including phenoxy) is 2. The van der Waals surface area contributed by atoms with Crippen molar-refractivity contribution >= 4 is 23.2 Å². The Balaban J connectivity index is 1.57. The Morgan fingerprint density at radius 3 is 2.83 bits per heavy atom. The summed E-state index contributed by atoms with van der Waals surface area (Å²) in [5, 5.41) is 17.9. The molecular formula is C20H20N6O4. The summed E-state index contributed by atoms with van der Waals surface area (Å²) in [5.41, 5.74) is 2.14. The lowest BCUT2D eigenvalue weighted by molar-refractivity contribution is -0.122. The van der Waals surface area contributed by atoms with Crippen molar-refractivity contribution in [3.63, 3.8) is 0 Å². The Labute approximate surface area is 172 Å².